The summed E-state index contributed by atoms with van der Waals surface area (Å²) in [6.07, 6.45) is 6.08. The van der Waals surface area contributed by atoms with Gasteiger partial charge < -0.3 is 0 Å². The van der Waals surface area contributed by atoms with Crippen LogP contribution in [0, 0.1) is 5.92 Å². The molecule has 0 radical (unpaired) electrons. The first-order chi connectivity index (χ1) is 5.54. The maximum absolute atomic E-state index is 2.25. The van der Waals surface area contributed by atoms with Crippen molar-refractivity contribution in [2.24, 2.45) is 5.92 Å². The van der Waals surface area contributed by atoms with Gasteiger partial charge in [0.1, 0.15) is 0 Å². The van der Waals surface area contributed by atoms with E-state index in [2.05, 4.69) is 47.6 Å². The van der Waals surface area contributed by atoms with Crippen LogP contribution in [0.5, 0.6) is 0 Å². The van der Waals surface area contributed by atoms with Crippen molar-refractivity contribution < 1.29 is 0 Å². The fourth-order valence-electron chi connectivity index (χ4n) is 0.986. The van der Waals surface area contributed by atoms with Crippen LogP contribution in [0.1, 0.15) is 75.7 Å². The number of allylic oxidation sites excluding steroid dienone is 2. The summed E-state index contributed by atoms with van der Waals surface area (Å²) in [5.41, 5.74) is 1.41. The molecule has 0 amide bonds. The number of hydrogen-bond donors (Lipinski definition) is 0. The van der Waals surface area contributed by atoms with Crippen LogP contribution in [0.3, 0.4) is 0 Å². The van der Waals surface area contributed by atoms with E-state index in [1.807, 2.05) is 0 Å². The zero-order valence-electron chi connectivity index (χ0n) is 9.78. The molecule has 0 rings (SSSR count). The van der Waals surface area contributed by atoms with Gasteiger partial charge in [-0.15, -0.1) is 0 Å². The van der Waals surface area contributed by atoms with E-state index in [1.54, 1.807) is 0 Å². The topological polar surface area (TPSA) is 0 Å². The molecule has 0 saturated carbocycles. The number of hydrogen-bond acceptors (Lipinski definition) is 0. The molecule has 0 aromatic heterocycles. The van der Waals surface area contributed by atoms with Crippen LogP contribution in [-0.4, -0.2) is 0 Å². The molecule has 0 atom stereocenters. The van der Waals surface area contributed by atoms with Gasteiger partial charge in [0.25, 0.3) is 0 Å². The second kappa shape index (κ2) is 18.5. The Labute approximate surface area is 93.8 Å². The van der Waals surface area contributed by atoms with E-state index in [0.29, 0.717) is 0 Å². The Kier molecular flexibility index (Phi) is 31.1. The molecule has 0 aromatic carbocycles. The van der Waals surface area contributed by atoms with Crippen molar-refractivity contribution in [2.75, 3.05) is 0 Å². The summed E-state index contributed by atoms with van der Waals surface area (Å²) in [6, 6.07) is 0. The molecule has 0 bridgehead atoms. The minimum atomic E-state index is 0. The Bertz CT molecular complexity index is 94.6. The van der Waals surface area contributed by atoms with Gasteiger partial charge in [-0.05, 0) is 26.2 Å². The monoisotopic (exact) mass is 202 g/mol. The zero-order valence-corrected chi connectivity index (χ0v) is 9.78. The normalized spacial score (nSPS) is 7.64. The summed E-state index contributed by atoms with van der Waals surface area (Å²) in [4.78, 5) is 0. The molecule has 0 heteroatoms. The van der Waals surface area contributed by atoms with Gasteiger partial charge in [-0.3, -0.25) is 0 Å². The largest absolute Gasteiger partial charge is 0.0862 e. The van der Waals surface area contributed by atoms with Crippen LogP contribution >= 0.6 is 0 Å². The number of rotatable bonds is 3. The molecule has 0 aliphatic rings. The Hall–Kier alpha value is -0.260. The zero-order chi connectivity index (χ0) is 9.98. The highest BCUT2D eigenvalue weighted by atomic mass is 13.9. The highest BCUT2D eigenvalue weighted by molar-refractivity contribution is 4.91. The standard InChI is InChI=1S/C6H14.C6H12.2CH4/c2*1-4-5-6(2)3;;/h6H,4-5H2,1-3H3;5H,4H2,1-3H3;2*1H4. The third kappa shape index (κ3) is 41.1. The first-order valence-electron chi connectivity index (χ1n) is 5.17. The Balaban J connectivity index is -0.0000000625. The van der Waals surface area contributed by atoms with Gasteiger partial charge in [0.05, 0.1) is 0 Å². The third-order valence-corrected chi connectivity index (χ3v) is 1.48. The molecular weight excluding hydrogens is 168 g/mol. The Morgan fingerprint density at radius 3 is 1.50 bits per heavy atom. The Morgan fingerprint density at radius 2 is 1.50 bits per heavy atom. The van der Waals surface area contributed by atoms with E-state index in [9.17, 15) is 0 Å². The molecular formula is C14H34. The minimum absolute atomic E-state index is 0. The van der Waals surface area contributed by atoms with Crippen LogP contribution in [0.25, 0.3) is 0 Å². The predicted molar refractivity (Wildman–Crippen MR) is 72.9 cm³/mol. The summed E-state index contributed by atoms with van der Waals surface area (Å²) in [6.45, 7) is 13.1. The van der Waals surface area contributed by atoms with Crippen LogP contribution in [-0.2, 0) is 0 Å². The molecule has 0 aliphatic heterocycles. The molecule has 0 nitrogen and oxygen atoms in total. The first-order valence-corrected chi connectivity index (χ1v) is 5.17. The molecule has 0 aliphatic carbocycles. The van der Waals surface area contributed by atoms with Crippen LogP contribution in [0.4, 0.5) is 0 Å². The van der Waals surface area contributed by atoms with Gasteiger partial charge in [0.15, 0.2) is 0 Å². The summed E-state index contributed by atoms with van der Waals surface area (Å²) < 4.78 is 0. The average Bonchev–Trinajstić information content (AvgIpc) is 1.87. The van der Waals surface area contributed by atoms with Crippen molar-refractivity contribution in [3.8, 4) is 0 Å². The van der Waals surface area contributed by atoms with Gasteiger partial charge in [-0.1, -0.05) is 67.0 Å². The second-order valence-corrected chi connectivity index (χ2v) is 3.87. The van der Waals surface area contributed by atoms with Gasteiger partial charge in [0.2, 0.25) is 0 Å². The highest BCUT2D eigenvalue weighted by Crippen LogP contribution is 2.00. The molecule has 0 fully saturated rings. The predicted octanol–water partition coefficient (Wildman–Crippen LogP) is 6.08. The van der Waals surface area contributed by atoms with Gasteiger partial charge >= 0.3 is 0 Å². The molecule has 0 saturated heterocycles. The van der Waals surface area contributed by atoms with Crippen molar-refractivity contribution in [2.45, 2.75) is 75.7 Å². The summed E-state index contributed by atoms with van der Waals surface area (Å²) in [7, 11) is 0. The van der Waals surface area contributed by atoms with Crippen LogP contribution in [0.15, 0.2) is 11.6 Å². The third-order valence-electron chi connectivity index (χ3n) is 1.48. The molecule has 0 unspecified atom stereocenters. The van der Waals surface area contributed by atoms with Crippen molar-refractivity contribution in [1.29, 1.82) is 0 Å². The van der Waals surface area contributed by atoms with E-state index in [1.165, 1.54) is 24.8 Å². The van der Waals surface area contributed by atoms with Gasteiger partial charge in [-0.25, -0.2) is 0 Å². The SMILES string of the molecule is C.C.CCC=C(C)C.CCCC(C)C. The lowest BCUT2D eigenvalue weighted by Crippen LogP contribution is -1.81. The molecule has 0 heterocycles. The summed E-state index contributed by atoms with van der Waals surface area (Å²) in [5.74, 6) is 0.898. The second-order valence-electron chi connectivity index (χ2n) is 3.87. The lowest BCUT2D eigenvalue weighted by Gasteiger charge is -1.95. The highest BCUT2D eigenvalue weighted by Gasteiger charge is 1.85. The molecule has 0 spiro atoms. The van der Waals surface area contributed by atoms with Gasteiger partial charge in [0, 0.05) is 0 Å². The van der Waals surface area contributed by atoms with Crippen molar-refractivity contribution >= 4 is 0 Å². The first kappa shape index (κ1) is 23.5. The average molecular weight is 202 g/mol. The smallest absolute Gasteiger partial charge is 0.0377 e. The van der Waals surface area contributed by atoms with Crippen molar-refractivity contribution in [1.82, 2.24) is 0 Å². The van der Waals surface area contributed by atoms with Crippen molar-refractivity contribution in [3.63, 3.8) is 0 Å². The summed E-state index contributed by atoms with van der Waals surface area (Å²) >= 11 is 0. The van der Waals surface area contributed by atoms with E-state index < -0.39 is 0 Å². The van der Waals surface area contributed by atoms with Crippen LogP contribution in [0.2, 0.25) is 0 Å². The molecule has 14 heavy (non-hydrogen) atoms. The van der Waals surface area contributed by atoms with Gasteiger partial charge in [-0.2, -0.15) is 0 Å². The summed E-state index contributed by atoms with van der Waals surface area (Å²) in [5, 5.41) is 0. The quantitative estimate of drug-likeness (QED) is 0.487. The molecule has 0 aromatic rings. The van der Waals surface area contributed by atoms with E-state index in [4.69, 9.17) is 0 Å². The minimum Gasteiger partial charge on any atom is -0.0862 e. The van der Waals surface area contributed by atoms with E-state index in [-0.39, 0.29) is 14.9 Å². The fourth-order valence-corrected chi connectivity index (χ4v) is 0.986. The Morgan fingerprint density at radius 1 is 1.07 bits per heavy atom. The fraction of sp³-hybridized carbons (Fsp3) is 0.857. The molecule has 0 N–H and O–H groups in total. The molecule has 90 valence electrons. The maximum atomic E-state index is 2.25. The van der Waals surface area contributed by atoms with E-state index in [0.717, 1.165) is 5.92 Å². The van der Waals surface area contributed by atoms with Crippen LogP contribution < -0.4 is 0 Å². The maximum Gasteiger partial charge on any atom is -0.0377 e. The van der Waals surface area contributed by atoms with Crippen molar-refractivity contribution in [3.05, 3.63) is 11.6 Å². The lowest BCUT2D eigenvalue weighted by molar-refractivity contribution is 0.576. The van der Waals surface area contributed by atoms with E-state index >= 15 is 0 Å². The lowest BCUT2D eigenvalue weighted by atomic mass is 10.1.